The summed E-state index contributed by atoms with van der Waals surface area (Å²) in [5.74, 6) is 0.947. The fourth-order valence-electron chi connectivity index (χ4n) is 3.29. The van der Waals surface area contributed by atoms with Gasteiger partial charge in [0.15, 0.2) is 5.82 Å². The molecule has 0 unspecified atom stereocenters. The van der Waals surface area contributed by atoms with Gasteiger partial charge in [0.25, 0.3) is 0 Å². The van der Waals surface area contributed by atoms with Crippen LogP contribution in [0.25, 0.3) is 0 Å². The Morgan fingerprint density at radius 2 is 2.00 bits per heavy atom. The molecular weight excluding hydrogens is 300 g/mol. The molecule has 1 aliphatic heterocycles. The summed E-state index contributed by atoms with van der Waals surface area (Å²) in [5.41, 5.74) is 1.91. The average molecular weight is 326 g/mol. The van der Waals surface area contributed by atoms with Crippen molar-refractivity contribution >= 4 is 5.82 Å². The number of anilines is 1. The number of hydrogen-bond donors (Lipinski definition) is 1. The zero-order valence-corrected chi connectivity index (χ0v) is 14.5. The van der Waals surface area contributed by atoms with Crippen LogP contribution in [0.4, 0.5) is 5.82 Å². The Morgan fingerprint density at radius 3 is 2.71 bits per heavy atom. The monoisotopic (exact) mass is 326 g/mol. The van der Waals surface area contributed by atoms with E-state index in [1.807, 2.05) is 49.4 Å². The standard InChI is InChI=1S/C19H26N4O/c1-15-10-11-19(21-20-15)23-12-6-9-17(13-23)22(2)14-18(24)16-7-4-3-5-8-16/h3-5,7-8,10-11,17-18,24H,6,9,12-14H2,1-2H3/t17-,18+/m0/s1. The molecule has 1 aliphatic rings. The first-order valence-corrected chi connectivity index (χ1v) is 8.62. The first kappa shape index (κ1) is 16.9. The second-order valence-corrected chi connectivity index (χ2v) is 6.64. The molecule has 2 heterocycles. The minimum Gasteiger partial charge on any atom is -0.387 e. The highest BCUT2D eigenvalue weighted by atomic mass is 16.3. The number of benzene rings is 1. The van der Waals surface area contributed by atoms with Gasteiger partial charge in [0.1, 0.15) is 0 Å². The van der Waals surface area contributed by atoms with Gasteiger partial charge in [0, 0.05) is 25.7 Å². The highest BCUT2D eigenvalue weighted by Gasteiger charge is 2.25. The summed E-state index contributed by atoms with van der Waals surface area (Å²) in [5, 5.41) is 18.9. The third kappa shape index (κ3) is 4.10. The van der Waals surface area contributed by atoms with Gasteiger partial charge in [-0.15, -0.1) is 5.10 Å². The van der Waals surface area contributed by atoms with Gasteiger partial charge in [-0.05, 0) is 44.5 Å². The Hall–Kier alpha value is -1.98. The van der Waals surface area contributed by atoms with Crippen molar-refractivity contribution in [2.45, 2.75) is 31.9 Å². The van der Waals surface area contributed by atoms with Gasteiger partial charge < -0.3 is 10.0 Å². The van der Waals surface area contributed by atoms with Crippen molar-refractivity contribution in [1.29, 1.82) is 0 Å². The molecule has 0 radical (unpaired) electrons. The number of nitrogens with zero attached hydrogens (tertiary/aromatic N) is 4. The van der Waals surface area contributed by atoms with Gasteiger partial charge in [0.05, 0.1) is 11.8 Å². The van der Waals surface area contributed by atoms with E-state index in [4.69, 9.17) is 0 Å². The van der Waals surface area contributed by atoms with Crippen molar-refractivity contribution < 1.29 is 5.11 Å². The molecule has 0 amide bonds. The topological polar surface area (TPSA) is 52.5 Å². The van der Waals surface area contributed by atoms with Crippen molar-refractivity contribution in [3.05, 3.63) is 53.7 Å². The maximum atomic E-state index is 10.5. The summed E-state index contributed by atoms with van der Waals surface area (Å²) in [7, 11) is 2.10. The van der Waals surface area contributed by atoms with Crippen molar-refractivity contribution in [3.8, 4) is 0 Å². The second-order valence-electron chi connectivity index (χ2n) is 6.64. The number of aromatic nitrogens is 2. The summed E-state index contributed by atoms with van der Waals surface area (Å²) >= 11 is 0. The van der Waals surface area contributed by atoms with Gasteiger partial charge in [-0.2, -0.15) is 5.10 Å². The minimum absolute atomic E-state index is 0.417. The lowest BCUT2D eigenvalue weighted by Gasteiger charge is -2.38. The Morgan fingerprint density at radius 1 is 1.21 bits per heavy atom. The largest absolute Gasteiger partial charge is 0.387 e. The summed E-state index contributed by atoms with van der Waals surface area (Å²) in [4.78, 5) is 4.57. The zero-order valence-electron chi connectivity index (χ0n) is 14.5. The molecule has 1 fully saturated rings. The van der Waals surface area contributed by atoms with Crippen LogP contribution in [0, 0.1) is 6.92 Å². The Labute approximate surface area is 143 Å². The third-order valence-electron chi connectivity index (χ3n) is 4.77. The van der Waals surface area contributed by atoms with E-state index in [2.05, 4.69) is 27.0 Å². The summed E-state index contributed by atoms with van der Waals surface area (Å²) < 4.78 is 0. The number of aliphatic hydroxyl groups excluding tert-OH is 1. The number of likely N-dealkylation sites (N-methyl/N-ethyl adjacent to an activating group) is 1. The SMILES string of the molecule is Cc1ccc(N2CCC[C@H](N(C)C[C@@H](O)c3ccccc3)C2)nn1. The van der Waals surface area contributed by atoms with E-state index in [1.165, 1.54) is 0 Å². The van der Waals surface area contributed by atoms with E-state index in [1.54, 1.807) is 0 Å². The van der Waals surface area contributed by atoms with Crippen LogP contribution in [-0.4, -0.2) is 52.9 Å². The van der Waals surface area contributed by atoms with Crippen LogP contribution < -0.4 is 4.90 Å². The molecule has 2 aromatic rings. The Balaban J connectivity index is 1.60. The van der Waals surface area contributed by atoms with Crippen LogP contribution in [0.15, 0.2) is 42.5 Å². The van der Waals surface area contributed by atoms with Crippen LogP contribution in [0.5, 0.6) is 0 Å². The second kappa shape index (κ2) is 7.73. The van der Waals surface area contributed by atoms with Gasteiger partial charge in [-0.3, -0.25) is 4.90 Å². The van der Waals surface area contributed by atoms with E-state index in [9.17, 15) is 5.11 Å². The molecule has 5 heteroatoms. The van der Waals surface area contributed by atoms with Crippen LogP contribution in [-0.2, 0) is 0 Å². The molecule has 1 N–H and O–H groups in total. The molecule has 2 atom stereocenters. The van der Waals surface area contributed by atoms with Gasteiger partial charge in [-0.1, -0.05) is 30.3 Å². The molecule has 0 bridgehead atoms. The lowest BCUT2D eigenvalue weighted by atomic mass is 10.0. The maximum Gasteiger partial charge on any atom is 0.151 e. The molecular formula is C19H26N4O. The van der Waals surface area contributed by atoms with Crippen molar-refractivity contribution in [3.63, 3.8) is 0 Å². The molecule has 0 spiro atoms. The number of aliphatic hydroxyl groups is 1. The molecule has 24 heavy (non-hydrogen) atoms. The van der Waals surface area contributed by atoms with E-state index < -0.39 is 6.10 Å². The molecule has 5 nitrogen and oxygen atoms in total. The highest BCUT2D eigenvalue weighted by Crippen LogP contribution is 2.22. The summed E-state index contributed by atoms with van der Waals surface area (Å²) in [6.07, 6.45) is 1.82. The fourth-order valence-corrected chi connectivity index (χ4v) is 3.29. The van der Waals surface area contributed by atoms with Crippen LogP contribution in [0.1, 0.15) is 30.2 Å². The number of rotatable bonds is 5. The lowest BCUT2D eigenvalue weighted by molar-refractivity contribution is 0.0986. The first-order valence-electron chi connectivity index (χ1n) is 8.62. The van der Waals surface area contributed by atoms with Crippen LogP contribution in [0.3, 0.4) is 0 Å². The Bertz CT molecular complexity index is 632. The predicted octanol–water partition coefficient (Wildman–Crippen LogP) is 2.42. The van der Waals surface area contributed by atoms with E-state index in [-0.39, 0.29) is 0 Å². The third-order valence-corrected chi connectivity index (χ3v) is 4.77. The molecule has 128 valence electrons. The predicted molar refractivity (Wildman–Crippen MR) is 96.0 cm³/mol. The smallest absolute Gasteiger partial charge is 0.151 e. The fraction of sp³-hybridized carbons (Fsp3) is 0.474. The van der Waals surface area contributed by atoms with Crippen molar-refractivity contribution in [2.75, 3.05) is 31.6 Å². The maximum absolute atomic E-state index is 10.5. The van der Waals surface area contributed by atoms with E-state index in [0.717, 1.165) is 43.0 Å². The molecule has 1 aromatic heterocycles. The molecule has 1 aromatic carbocycles. The quantitative estimate of drug-likeness (QED) is 0.914. The van der Waals surface area contributed by atoms with Gasteiger partial charge in [-0.25, -0.2) is 0 Å². The van der Waals surface area contributed by atoms with Gasteiger partial charge >= 0.3 is 0 Å². The molecule has 3 rings (SSSR count). The number of hydrogen-bond acceptors (Lipinski definition) is 5. The van der Waals surface area contributed by atoms with Gasteiger partial charge in [0.2, 0.25) is 0 Å². The number of piperidine rings is 1. The van der Waals surface area contributed by atoms with E-state index >= 15 is 0 Å². The normalized spacial score (nSPS) is 19.5. The van der Waals surface area contributed by atoms with Crippen LogP contribution >= 0.6 is 0 Å². The van der Waals surface area contributed by atoms with Crippen molar-refractivity contribution in [1.82, 2.24) is 15.1 Å². The minimum atomic E-state index is -0.453. The molecule has 0 saturated carbocycles. The highest BCUT2D eigenvalue weighted by molar-refractivity contribution is 5.38. The molecule has 0 aliphatic carbocycles. The summed E-state index contributed by atoms with van der Waals surface area (Å²) in [6, 6.07) is 14.3. The van der Waals surface area contributed by atoms with Crippen LogP contribution in [0.2, 0.25) is 0 Å². The van der Waals surface area contributed by atoms with Crippen molar-refractivity contribution in [2.24, 2.45) is 0 Å². The summed E-state index contributed by atoms with van der Waals surface area (Å²) in [6.45, 7) is 4.54. The number of aryl methyl sites for hydroxylation is 1. The first-order chi connectivity index (χ1) is 11.6. The Kier molecular flexibility index (Phi) is 5.43. The average Bonchev–Trinajstić information content (AvgIpc) is 2.63. The zero-order chi connectivity index (χ0) is 16.9. The lowest BCUT2D eigenvalue weighted by Crippen LogP contribution is -2.47. The molecule has 1 saturated heterocycles. The van der Waals surface area contributed by atoms with E-state index in [0.29, 0.717) is 12.6 Å².